The molecule has 1 aromatic rings. The lowest BCUT2D eigenvalue weighted by atomic mass is 10.2. The maximum atomic E-state index is 12.6. The van der Waals surface area contributed by atoms with E-state index in [9.17, 15) is 13.2 Å². The Hall–Kier alpha value is -1.06. The maximum Gasteiger partial charge on any atom is 0.219 e. The van der Waals surface area contributed by atoms with Crippen LogP contribution in [0, 0.1) is 31.4 Å². The SMILES string of the molecule is CC.CC.CC.Cc1nc(F)c(C)c(F)c1F. The van der Waals surface area contributed by atoms with Gasteiger partial charge in [-0.3, -0.25) is 0 Å². The highest BCUT2D eigenvalue weighted by Gasteiger charge is 2.13. The van der Waals surface area contributed by atoms with Crippen molar-refractivity contribution in [3.05, 3.63) is 28.8 Å². The first-order valence-electron chi connectivity index (χ1n) is 6.01. The normalized spacial score (nSPS) is 7.71. The summed E-state index contributed by atoms with van der Waals surface area (Å²) in [4.78, 5) is 3.15. The summed E-state index contributed by atoms with van der Waals surface area (Å²) in [7, 11) is 0. The zero-order chi connectivity index (χ0) is 14.6. The van der Waals surface area contributed by atoms with Crippen LogP contribution >= 0.6 is 0 Å². The standard InChI is InChI=1S/C7H6F3N.3C2H6/c1-3-5(8)6(9)4(2)11-7(3)10;3*1-2/h1-2H3;3*1-2H3. The van der Waals surface area contributed by atoms with E-state index in [0.29, 0.717) is 0 Å². The Morgan fingerprint density at radius 2 is 1.06 bits per heavy atom. The largest absolute Gasteiger partial charge is 0.222 e. The lowest BCUT2D eigenvalue weighted by Gasteiger charge is -2.00. The van der Waals surface area contributed by atoms with Crippen LogP contribution in [-0.4, -0.2) is 4.98 Å². The quantitative estimate of drug-likeness (QED) is 0.578. The van der Waals surface area contributed by atoms with Crippen molar-refractivity contribution in [1.29, 1.82) is 0 Å². The van der Waals surface area contributed by atoms with Gasteiger partial charge in [0.1, 0.15) is 0 Å². The molecule has 0 radical (unpaired) electrons. The summed E-state index contributed by atoms with van der Waals surface area (Å²) in [6.45, 7) is 14.3. The fraction of sp³-hybridized carbons (Fsp3) is 0.615. The van der Waals surface area contributed by atoms with Crippen LogP contribution in [0.15, 0.2) is 0 Å². The first-order valence-corrected chi connectivity index (χ1v) is 6.01. The molecule has 1 aromatic heterocycles. The van der Waals surface area contributed by atoms with Gasteiger partial charge in [0.05, 0.1) is 5.69 Å². The topological polar surface area (TPSA) is 12.9 Å². The van der Waals surface area contributed by atoms with Gasteiger partial charge in [0.2, 0.25) is 5.95 Å². The van der Waals surface area contributed by atoms with Crippen molar-refractivity contribution in [2.45, 2.75) is 55.4 Å². The van der Waals surface area contributed by atoms with Gasteiger partial charge < -0.3 is 0 Å². The van der Waals surface area contributed by atoms with Crippen molar-refractivity contribution >= 4 is 0 Å². The molecule has 1 nitrogen and oxygen atoms in total. The molecule has 0 saturated heterocycles. The van der Waals surface area contributed by atoms with E-state index in [4.69, 9.17) is 0 Å². The van der Waals surface area contributed by atoms with Crippen molar-refractivity contribution in [3.63, 3.8) is 0 Å². The molecule has 1 rings (SSSR count). The molecule has 0 N–H and O–H groups in total. The predicted molar refractivity (Wildman–Crippen MR) is 67.6 cm³/mol. The third-order valence-electron chi connectivity index (χ3n) is 1.41. The number of aromatic nitrogens is 1. The Kier molecular flexibility index (Phi) is 16.3. The molecule has 102 valence electrons. The monoisotopic (exact) mass is 251 g/mol. The Bertz CT molecular complexity index is 273. The highest BCUT2D eigenvalue weighted by molar-refractivity contribution is 5.17. The summed E-state index contributed by atoms with van der Waals surface area (Å²) in [6.07, 6.45) is 0. The zero-order valence-corrected chi connectivity index (χ0v) is 12.1. The second-order valence-electron chi connectivity index (χ2n) is 2.24. The maximum absolute atomic E-state index is 12.6. The minimum Gasteiger partial charge on any atom is -0.222 e. The van der Waals surface area contributed by atoms with Gasteiger partial charge in [-0.25, -0.2) is 13.8 Å². The lowest BCUT2D eigenvalue weighted by Crippen LogP contribution is -2.01. The van der Waals surface area contributed by atoms with E-state index in [2.05, 4.69) is 4.98 Å². The molecule has 4 heteroatoms. The minimum atomic E-state index is -1.16. The molecule has 0 aliphatic carbocycles. The summed E-state index contributed by atoms with van der Waals surface area (Å²) < 4.78 is 37.7. The van der Waals surface area contributed by atoms with Gasteiger partial charge in [-0.2, -0.15) is 4.39 Å². The van der Waals surface area contributed by atoms with Crippen molar-refractivity contribution in [1.82, 2.24) is 4.98 Å². The molecule has 1 heterocycles. The van der Waals surface area contributed by atoms with Gasteiger partial charge in [-0.15, -0.1) is 0 Å². The first kappa shape index (κ1) is 21.2. The van der Waals surface area contributed by atoms with Crippen LogP contribution in [0.25, 0.3) is 0 Å². The Labute approximate surface area is 103 Å². The molecule has 0 aliphatic heterocycles. The second-order valence-corrected chi connectivity index (χ2v) is 2.24. The lowest BCUT2D eigenvalue weighted by molar-refractivity contribution is 0.461. The van der Waals surface area contributed by atoms with Crippen molar-refractivity contribution in [3.8, 4) is 0 Å². The number of aryl methyl sites for hydroxylation is 1. The molecular weight excluding hydrogens is 227 g/mol. The fourth-order valence-corrected chi connectivity index (χ4v) is 0.694. The van der Waals surface area contributed by atoms with E-state index >= 15 is 0 Å². The summed E-state index contributed by atoms with van der Waals surface area (Å²) in [5, 5.41) is 0. The average molecular weight is 251 g/mol. The zero-order valence-electron chi connectivity index (χ0n) is 12.1. The van der Waals surface area contributed by atoms with E-state index in [1.165, 1.54) is 6.92 Å². The number of nitrogens with zero attached hydrogens (tertiary/aromatic N) is 1. The molecule has 0 unspecified atom stereocenters. The second kappa shape index (κ2) is 13.0. The number of rotatable bonds is 0. The molecule has 0 aliphatic rings. The predicted octanol–water partition coefficient (Wildman–Crippen LogP) is 5.19. The summed E-state index contributed by atoms with van der Waals surface area (Å²) in [6, 6.07) is 0. The van der Waals surface area contributed by atoms with Crippen LogP contribution in [0.5, 0.6) is 0 Å². The van der Waals surface area contributed by atoms with Gasteiger partial charge in [0.15, 0.2) is 11.6 Å². The van der Waals surface area contributed by atoms with Crippen LogP contribution in [0.1, 0.15) is 52.8 Å². The molecule has 0 amide bonds. The molecule has 17 heavy (non-hydrogen) atoms. The van der Waals surface area contributed by atoms with E-state index in [1.807, 2.05) is 41.5 Å². The van der Waals surface area contributed by atoms with E-state index in [1.54, 1.807) is 0 Å². The third kappa shape index (κ3) is 6.97. The molecular formula is C13H24F3N. The Morgan fingerprint density at radius 3 is 1.41 bits per heavy atom. The minimum absolute atomic E-state index is 0.259. The van der Waals surface area contributed by atoms with Crippen LogP contribution in [0.3, 0.4) is 0 Å². The highest BCUT2D eigenvalue weighted by Crippen LogP contribution is 2.14. The summed E-state index contributed by atoms with van der Waals surface area (Å²) in [5.74, 6) is -3.19. The van der Waals surface area contributed by atoms with Crippen molar-refractivity contribution < 1.29 is 13.2 Å². The average Bonchev–Trinajstić information content (AvgIpc) is 2.41. The van der Waals surface area contributed by atoms with E-state index in [0.717, 1.165) is 6.92 Å². The van der Waals surface area contributed by atoms with Crippen LogP contribution in [0.2, 0.25) is 0 Å². The highest BCUT2D eigenvalue weighted by atomic mass is 19.2. The van der Waals surface area contributed by atoms with Crippen LogP contribution in [0.4, 0.5) is 13.2 Å². The van der Waals surface area contributed by atoms with Crippen molar-refractivity contribution in [2.24, 2.45) is 0 Å². The van der Waals surface area contributed by atoms with Gasteiger partial charge in [-0.05, 0) is 13.8 Å². The molecule has 0 atom stereocenters. The molecule has 0 saturated carbocycles. The van der Waals surface area contributed by atoms with Gasteiger partial charge in [0, 0.05) is 5.56 Å². The number of hydrogen-bond donors (Lipinski definition) is 0. The van der Waals surface area contributed by atoms with Crippen LogP contribution in [-0.2, 0) is 0 Å². The summed E-state index contributed by atoms with van der Waals surface area (Å²) >= 11 is 0. The Morgan fingerprint density at radius 1 is 0.706 bits per heavy atom. The number of hydrogen-bond acceptors (Lipinski definition) is 1. The van der Waals surface area contributed by atoms with Crippen molar-refractivity contribution in [2.75, 3.05) is 0 Å². The molecule has 0 bridgehead atoms. The molecule has 0 spiro atoms. The number of pyridine rings is 1. The Balaban J connectivity index is -0.000000285. The fourth-order valence-electron chi connectivity index (χ4n) is 0.694. The van der Waals surface area contributed by atoms with Gasteiger partial charge in [0.25, 0.3) is 0 Å². The van der Waals surface area contributed by atoms with E-state index < -0.39 is 17.6 Å². The van der Waals surface area contributed by atoms with Crippen LogP contribution < -0.4 is 0 Å². The van der Waals surface area contributed by atoms with Gasteiger partial charge in [-0.1, -0.05) is 41.5 Å². The van der Waals surface area contributed by atoms with Gasteiger partial charge >= 0.3 is 0 Å². The molecule has 0 aromatic carbocycles. The van der Waals surface area contributed by atoms with E-state index in [-0.39, 0.29) is 11.3 Å². The smallest absolute Gasteiger partial charge is 0.219 e. The first-order chi connectivity index (χ1) is 8.04. The third-order valence-corrected chi connectivity index (χ3v) is 1.41. The number of halogens is 3. The molecule has 0 fully saturated rings. The summed E-state index contributed by atoms with van der Waals surface area (Å²) in [5.41, 5.74) is -0.640.